The van der Waals surface area contributed by atoms with Crippen LogP contribution in [0.1, 0.15) is 61.6 Å². The highest BCUT2D eigenvalue weighted by molar-refractivity contribution is 5.98. The first kappa shape index (κ1) is 24.5. The summed E-state index contributed by atoms with van der Waals surface area (Å²) in [5.41, 5.74) is 2.51. The molecule has 192 valence electrons. The minimum atomic E-state index is -0.227. The molecule has 1 unspecified atom stereocenters. The standard InChI is InChI=1S/C27H35FN6O2/c1-18(2)34-17-23-24(26(34)36)29-27(32-14-12-31(13-15-32)19(3)35)30-25(23)33-11-5-4-6-22(33)16-20-7-9-21(28)10-8-20/h7-10,18,22H,4-6,11-17H2,1-3H3. The van der Waals surface area contributed by atoms with E-state index < -0.39 is 0 Å². The van der Waals surface area contributed by atoms with Gasteiger partial charge in [-0.25, -0.2) is 9.37 Å². The number of rotatable bonds is 5. The second-order valence-electron chi connectivity index (χ2n) is 10.4. The van der Waals surface area contributed by atoms with Crippen LogP contribution in [0.15, 0.2) is 24.3 Å². The summed E-state index contributed by atoms with van der Waals surface area (Å²) in [5.74, 6) is 1.23. The van der Waals surface area contributed by atoms with Gasteiger partial charge in [0.2, 0.25) is 11.9 Å². The minimum absolute atomic E-state index is 0.0423. The van der Waals surface area contributed by atoms with Crippen molar-refractivity contribution in [2.45, 2.75) is 65.1 Å². The number of piperazine rings is 1. The maximum absolute atomic E-state index is 13.5. The van der Waals surface area contributed by atoms with Crippen molar-refractivity contribution >= 4 is 23.6 Å². The van der Waals surface area contributed by atoms with E-state index in [0.717, 1.165) is 49.2 Å². The van der Waals surface area contributed by atoms with Gasteiger partial charge < -0.3 is 19.6 Å². The Hall–Kier alpha value is -3.23. The summed E-state index contributed by atoms with van der Waals surface area (Å²) in [7, 11) is 0. The van der Waals surface area contributed by atoms with Gasteiger partial charge in [-0.15, -0.1) is 0 Å². The summed E-state index contributed by atoms with van der Waals surface area (Å²) in [6.45, 7) is 9.53. The van der Waals surface area contributed by atoms with Crippen molar-refractivity contribution in [1.82, 2.24) is 19.8 Å². The lowest BCUT2D eigenvalue weighted by atomic mass is 9.95. The summed E-state index contributed by atoms with van der Waals surface area (Å²) < 4.78 is 13.5. The first-order valence-electron chi connectivity index (χ1n) is 13.0. The van der Waals surface area contributed by atoms with Crippen molar-refractivity contribution < 1.29 is 14.0 Å². The Labute approximate surface area is 212 Å². The van der Waals surface area contributed by atoms with Gasteiger partial charge in [0, 0.05) is 57.3 Å². The van der Waals surface area contributed by atoms with Gasteiger partial charge in [-0.3, -0.25) is 9.59 Å². The Kier molecular flexibility index (Phi) is 6.81. The van der Waals surface area contributed by atoms with E-state index in [2.05, 4.69) is 9.80 Å². The SMILES string of the molecule is CC(=O)N1CCN(c2nc3c(c(N4CCCCC4Cc4ccc(F)cc4)n2)CN(C(C)C)C3=O)CC1. The van der Waals surface area contributed by atoms with Crippen LogP contribution in [0.25, 0.3) is 0 Å². The van der Waals surface area contributed by atoms with Gasteiger partial charge >= 0.3 is 0 Å². The molecule has 0 saturated carbocycles. The molecule has 3 aliphatic heterocycles. The van der Waals surface area contributed by atoms with Gasteiger partial charge in [-0.1, -0.05) is 12.1 Å². The fourth-order valence-corrected chi connectivity index (χ4v) is 5.56. The molecule has 0 radical (unpaired) electrons. The van der Waals surface area contributed by atoms with E-state index in [1.807, 2.05) is 35.8 Å². The molecule has 0 spiro atoms. The van der Waals surface area contributed by atoms with Crippen LogP contribution in [0.4, 0.5) is 16.2 Å². The molecule has 2 fully saturated rings. The van der Waals surface area contributed by atoms with Gasteiger partial charge in [0.05, 0.1) is 6.54 Å². The molecule has 0 N–H and O–H groups in total. The van der Waals surface area contributed by atoms with Gasteiger partial charge in [0.25, 0.3) is 5.91 Å². The highest BCUT2D eigenvalue weighted by Crippen LogP contribution is 2.36. The predicted octanol–water partition coefficient (Wildman–Crippen LogP) is 3.25. The van der Waals surface area contributed by atoms with Crippen molar-refractivity contribution in [2.24, 2.45) is 0 Å². The third kappa shape index (κ3) is 4.75. The zero-order chi connectivity index (χ0) is 25.4. The lowest BCUT2D eigenvalue weighted by molar-refractivity contribution is -0.129. The lowest BCUT2D eigenvalue weighted by Crippen LogP contribution is -2.49. The molecule has 1 aromatic heterocycles. The number of carbonyl (C=O) groups excluding carboxylic acids is 2. The number of anilines is 2. The molecule has 2 aromatic rings. The van der Waals surface area contributed by atoms with Crippen LogP contribution in [0.3, 0.4) is 0 Å². The largest absolute Gasteiger partial charge is 0.353 e. The van der Waals surface area contributed by atoms with Crippen molar-refractivity contribution in [3.05, 3.63) is 46.9 Å². The predicted molar refractivity (Wildman–Crippen MR) is 137 cm³/mol. The maximum Gasteiger partial charge on any atom is 0.273 e. The molecule has 4 heterocycles. The number of benzene rings is 1. The summed E-state index contributed by atoms with van der Waals surface area (Å²) in [6.07, 6.45) is 4.01. The lowest BCUT2D eigenvalue weighted by Gasteiger charge is -2.39. The number of carbonyl (C=O) groups is 2. The third-order valence-electron chi connectivity index (χ3n) is 7.68. The smallest absolute Gasteiger partial charge is 0.273 e. The highest BCUT2D eigenvalue weighted by atomic mass is 19.1. The topological polar surface area (TPSA) is 72.9 Å². The van der Waals surface area contributed by atoms with Gasteiger partial charge in [0.15, 0.2) is 0 Å². The number of piperidine rings is 1. The van der Waals surface area contributed by atoms with Crippen molar-refractivity contribution in [1.29, 1.82) is 0 Å². The molecular weight excluding hydrogens is 459 g/mol. The molecule has 2 saturated heterocycles. The molecule has 9 heteroatoms. The van der Waals surface area contributed by atoms with Crippen LogP contribution >= 0.6 is 0 Å². The van der Waals surface area contributed by atoms with Crippen LogP contribution in [0.5, 0.6) is 0 Å². The minimum Gasteiger partial charge on any atom is -0.353 e. The number of hydrogen-bond acceptors (Lipinski definition) is 6. The Bertz CT molecular complexity index is 1130. The molecule has 36 heavy (non-hydrogen) atoms. The van der Waals surface area contributed by atoms with Gasteiger partial charge in [0.1, 0.15) is 17.3 Å². The molecule has 5 rings (SSSR count). The normalized spacial score (nSPS) is 20.4. The van der Waals surface area contributed by atoms with Crippen LogP contribution < -0.4 is 9.80 Å². The van der Waals surface area contributed by atoms with Crippen molar-refractivity contribution in [3.63, 3.8) is 0 Å². The molecule has 3 aliphatic rings. The van der Waals surface area contributed by atoms with Gasteiger partial charge in [-0.05, 0) is 57.2 Å². The molecule has 0 bridgehead atoms. The third-order valence-corrected chi connectivity index (χ3v) is 7.68. The molecule has 1 aromatic carbocycles. The quantitative estimate of drug-likeness (QED) is 0.636. The Morgan fingerprint density at radius 1 is 1.06 bits per heavy atom. The molecule has 2 amide bonds. The fraction of sp³-hybridized carbons (Fsp3) is 0.556. The number of nitrogens with zero attached hydrogens (tertiary/aromatic N) is 6. The molecular formula is C27H35FN6O2. The number of fused-ring (bicyclic) bond motifs is 1. The zero-order valence-corrected chi connectivity index (χ0v) is 21.4. The number of halogens is 1. The van der Waals surface area contributed by atoms with E-state index in [0.29, 0.717) is 44.4 Å². The van der Waals surface area contributed by atoms with E-state index in [9.17, 15) is 14.0 Å². The fourth-order valence-electron chi connectivity index (χ4n) is 5.56. The van der Waals surface area contributed by atoms with Crippen molar-refractivity contribution in [3.8, 4) is 0 Å². The van der Waals surface area contributed by atoms with Crippen LogP contribution in [-0.2, 0) is 17.8 Å². The van der Waals surface area contributed by atoms with Crippen LogP contribution in [-0.4, -0.2) is 76.4 Å². The van der Waals surface area contributed by atoms with E-state index in [1.165, 1.54) is 12.1 Å². The maximum atomic E-state index is 13.5. The van der Waals surface area contributed by atoms with Crippen LogP contribution in [0.2, 0.25) is 0 Å². The van der Waals surface area contributed by atoms with Gasteiger partial charge in [-0.2, -0.15) is 4.98 Å². The summed E-state index contributed by atoms with van der Waals surface area (Å²) in [5, 5.41) is 0. The van der Waals surface area contributed by atoms with E-state index in [4.69, 9.17) is 9.97 Å². The Morgan fingerprint density at radius 2 is 1.78 bits per heavy atom. The van der Waals surface area contributed by atoms with E-state index >= 15 is 0 Å². The Balaban J connectivity index is 1.50. The zero-order valence-electron chi connectivity index (χ0n) is 21.4. The first-order valence-corrected chi connectivity index (χ1v) is 13.0. The summed E-state index contributed by atoms with van der Waals surface area (Å²) in [4.78, 5) is 43.2. The second kappa shape index (κ2) is 10.0. The number of hydrogen-bond donors (Lipinski definition) is 0. The second-order valence-corrected chi connectivity index (χ2v) is 10.4. The van der Waals surface area contributed by atoms with E-state index in [-0.39, 0.29) is 29.7 Å². The Morgan fingerprint density at radius 3 is 2.44 bits per heavy atom. The highest BCUT2D eigenvalue weighted by Gasteiger charge is 2.38. The summed E-state index contributed by atoms with van der Waals surface area (Å²) in [6, 6.07) is 7.03. The number of aromatic nitrogens is 2. The molecule has 0 aliphatic carbocycles. The molecule has 8 nitrogen and oxygen atoms in total. The van der Waals surface area contributed by atoms with Crippen molar-refractivity contribution in [2.75, 3.05) is 42.5 Å². The number of amides is 2. The monoisotopic (exact) mass is 494 g/mol. The average Bonchev–Trinajstić information content (AvgIpc) is 3.22. The van der Waals surface area contributed by atoms with Crippen LogP contribution in [0, 0.1) is 5.82 Å². The van der Waals surface area contributed by atoms with E-state index in [1.54, 1.807) is 6.92 Å². The average molecular weight is 495 g/mol. The summed E-state index contributed by atoms with van der Waals surface area (Å²) >= 11 is 0. The molecule has 1 atom stereocenters. The first-order chi connectivity index (χ1) is 17.3.